The van der Waals surface area contributed by atoms with E-state index in [-0.39, 0.29) is 12.3 Å². The van der Waals surface area contributed by atoms with Crippen molar-refractivity contribution >= 4 is 5.69 Å². The van der Waals surface area contributed by atoms with Crippen molar-refractivity contribution < 1.29 is 14.8 Å². The van der Waals surface area contributed by atoms with Gasteiger partial charge in [0, 0.05) is 19.2 Å². The van der Waals surface area contributed by atoms with Gasteiger partial charge in [-0.3, -0.25) is 10.1 Å². The Morgan fingerprint density at radius 3 is 2.90 bits per heavy atom. The number of non-ortho nitro benzene ring substituents is 1. The fraction of sp³-hybridized carbons (Fsp3) is 0.600. The molecule has 1 aliphatic heterocycles. The predicted octanol–water partition coefficient (Wildman–Crippen LogP) is 2.07. The topological polar surface area (TPSA) is 75.8 Å². The first-order chi connectivity index (χ1) is 9.85. The molecule has 0 amide bonds. The molecule has 6 heteroatoms. The Kier molecular flexibility index (Phi) is 4.80. The quantitative estimate of drug-likeness (QED) is 0.642. The zero-order valence-corrected chi connectivity index (χ0v) is 12.5. The van der Waals surface area contributed by atoms with Crippen LogP contribution in [-0.4, -0.2) is 47.3 Å². The van der Waals surface area contributed by atoms with E-state index in [0.717, 1.165) is 19.5 Å². The van der Waals surface area contributed by atoms with Crippen molar-refractivity contribution in [3.63, 3.8) is 0 Å². The summed E-state index contributed by atoms with van der Waals surface area (Å²) in [4.78, 5) is 12.4. The van der Waals surface area contributed by atoms with Gasteiger partial charge in [0.25, 0.3) is 5.69 Å². The highest BCUT2D eigenvalue weighted by molar-refractivity contribution is 5.37. The van der Waals surface area contributed by atoms with Crippen LogP contribution in [0.25, 0.3) is 0 Å². The molecule has 1 unspecified atom stereocenters. The Balaban J connectivity index is 1.80. The molecule has 1 fully saturated rings. The maximum absolute atomic E-state index is 10.7. The molecule has 116 valence electrons. The molecule has 0 bridgehead atoms. The van der Waals surface area contributed by atoms with Crippen LogP contribution in [0.2, 0.25) is 0 Å². The van der Waals surface area contributed by atoms with Gasteiger partial charge in [-0.1, -0.05) is 19.9 Å². The van der Waals surface area contributed by atoms with Gasteiger partial charge in [0.15, 0.2) is 0 Å². The summed E-state index contributed by atoms with van der Waals surface area (Å²) < 4.78 is 5.44. The summed E-state index contributed by atoms with van der Waals surface area (Å²) in [5.41, 5.74) is 0.295. The summed E-state index contributed by atoms with van der Waals surface area (Å²) in [7, 11) is 0. The first kappa shape index (κ1) is 15.7. The Labute approximate surface area is 124 Å². The summed E-state index contributed by atoms with van der Waals surface area (Å²) in [5.74, 6) is 0.407. The van der Waals surface area contributed by atoms with Crippen molar-refractivity contribution in [2.24, 2.45) is 5.41 Å². The van der Waals surface area contributed by atoms with Crippen molar-refractivity contribution in [1.82, 2.24) is 4.90 Å². The number of ether oxygens (including phenoxy) is 1. The van der Waals surface area contributed by atoms with Gasteiger partial charge in [-0.05, 0) is 24.4 Å². The fourth-order valence-electron chi connectivity index (χ4n) is 2.61. The number of aliphatic hydroxyl groups is 1. The minimum absolute atomic E-state index is 0.0108. The zero-order valence-electron chi connectivity index (χ0n) is 12.5. The predicted molar refractivity (Wildman–Crippen MR) is 79.4 cm³/mol. The number of likely N-dealkylation sites (tertiary alicyclic amines) is 1. The number of benzene rings is 1. The van der Waals surface area contributed by atoms with Gasteiger partial charge in [-0.15, -0.1) is 0 Å². The highest BCUT2D eigenvalue weighted by Crippen LogP contribution is 2.28. The van der Waals surface area contributed by atoms with Crippen LogP contribution in [-0.2, 0) is 0 Å². The Morgan fingerprint density at radius 2 is 2.29 bits per heavy atom. The van der Waals surface area contributed by atoms with Gasteiger partial charge < -0.3 is 14.7 Å². The van der Waals surface area contributed by atoms with E-state index in [1.807, 2.05) is 0 Å². The van der Waals surface area contributed by atoms with Gasteiger partial charge in [0.05, 0.1) is 11.0 Å². The smallest absolute Gasteiger partial charge is 0.273 e. The van der Waals surface area contributed by atoms with Gasteiger partial charge >= 0.3 is 0 Å². The van der Waals surface area contributed by atoms with Crippen molar-refractivity contribution in [1.29, 1.82) is 0 Å². The number of rotatable bonds is 6. The summed E-state index contributed by atoms with van der Waals surface area (Å²) in [6.07, 6.45) is 0.531. The number of nitro groups is 1. The first-order valence-corrected chi connectivity index (χ1v) is 7.13. The second kappa shape index (κ2) is 6.41. The van der Waals surface area contributed by atoms with E-state index in [0.29, 0.717) is 17.7 Å². The molecule has 1 aliphatic rings. The lowest BCUT2D eigenvalue weighted by atomic mass is 9.93. The van der Waals surface area contributed by atoms with E-state index in [1.165, 1.54) is 12.1 Å². The third kappa shape index (κ3) is 4.68. The number of hydrogen-bond donors (Lipinski definition) is 1. The lowest BCUT2D eigenvalue weighted by molar-refractivity contribution is -0.384. The summed E-state index contributed by atoms with van der Waals surface area (Å²) in [6.45, 7) is 7.11. The van der Waals surface area contributed by atoms with Gasteiger partial charge in [0.1, 0.15) is 18.5 Å². The number of nitrogens with zero attached hydrogens (tertiary/aromatic N) is 2. The molecule has 2 rings (SSSR count). The minimum atomic E-state index is -0.599. The van der Waals surface area contributed by atoms with Crippen LogP contribution >= 0.6 is 0 Å². The van der Waals surface area contributed by atoms with Crippen molar-refractivity contribution in [2.75, 3.05) is 26.2 Å². The van der Waals surface area contributed by atoms with E-state index in [4.69, 9.17) is 4.74 Å². The monoisotopic (exact) mass is 294 g/mol. The second-order valence-electron chi connectivity index (χ2n) is 6.37. The van der Waals surface area contributed by atoms with E-state index in [1.54, 1.807) is 12.1 Å². The maximum Gasteiger partial charge on any atom is 0.273 e. The third-order valence-electron chi connectivity index (χ3n) is 3.70. The average Bonchev–Trinajstić information content (AvgIpc) is 2.76. The first-order valence-electron chi connectivity index (χ1n) is 7.13. The largest absolute Gasteiger partial charge is 0.491 e. The van der Waals surface area contributed by atoms with Crippen molar-refractivity contribution in [2.45, 2.75) is 26.4 Å². The van der Waals surface area contributed by atoms with E-state index in [9.17, 15) is 15.2 Å². The molecule has 0 spiro atoms. The van der Waals surface area contributed by atoms with Gasteiger partial charge in [-0.2, -0.15) is 0 Å². The lowest BCUT2D eigenvalue weighted by Crippen LogP contribution is -2.35. The van der Waals surface area contributed by atoms with E-state index >= 15 is 0 Å². The molecule has 6 nitrogen and oxygen atoms in total. The van der Waals surface area contributed by atoms with Crippen LogP contribution in [0, 0.1) is 15.5 Å². The average molecular weight is 294 g/mol. The highest BCUT2D eigenvalue weighted by Gasteiger charge is 2.30. The molecule has 0 saturated carbocycles. The van der Waals surface area contributed by atoms with Gasteiger partial charge in [-0.25, -0.2) is 0 Å². The summed E-state index contributed by atoms with van der Waals surface area (Å²) >= 11 is 0. The van der Waals surface area contributed by atoms with Crippen molar-refractivity contribution in [3.05, 3.63) is 34.4 Å². The SMILES string of the molecule is CC1(C)CCN(CC(O)COc2cccc([N+](=O)[O-])c2)C1. The molecule has 0 aliphatic carbocycles. The van der Waals surface area contributed by atoms with Crippen LogP contribution in [0.5, 0.6) is 5.75 Å². The third-order valence-corrected chi connectivity index (χ3v) is 3.70. The molecule has 1 atom stereocenters. The Hall–Kier alpha value is -1.66. The molecular weight excluding hydrogens is 272 g/mol. The minimum Gasteiger partial charge on any atom is -0.491 e. The number of nitro benzene ring substituents is 1. The van der Waals surface area contributed by atoms with Crippen LogP contribution in [0.4, 0.5) is 5.69 Å². The molecule has 1 aromatic rings. The van der Waals surface area contributed by atoms with Crippen LogP contribution in [0.1, 0.15) is 20.3 Å². The molecular formula is C15H22N2O4. The number of β-amino-alcohol motifs (C(OH)–C–C–N with tert-alkyl or cyclic N) is 1. The van der Waals surface area contributed by atoms with Gasteiger partial charge in [0.2, 0.25) is 0 Å². The second-order valence-corrected chi connectivity index (χ2v) is 6.37. The molecule has 0 radical (unpaired) electrons. The number of aliphatic hydroxyl groups excluding tert-OH is 1. The molecule has 0 aromatic heterocycles. The molecule has 1 aromatic carbocycles. The number of hydrogen-bond acceptors (Lipinski definition) is 5. The standard InChI is InChI=1S/C15H22N2O4/c1-15(2)6-7-16(11-15)9-13(18)10-21-14-5-3-4-12(8-14)17(19)20/h3-5,8,13,18H,6-7,9-11H2,1-2H3. The van der Waals surface area contributed by atoms with Crippen LogP contribution in [0.3, 0.4) is 0 Å². The van der Waals surface area contributed by atoms with Crippen LogP contribution < -0.4 is 4.74 Å². The maximum atomic E-state index is 10.7. The molecule has 1 heterocycles. The van der Waals surface area contributed by atoms with E-state index in [2.05, 4.69) is 18.7 Å². The molecule has 1 N–H and O–H groups in total. The zero-order chi connectivity index (χ0) is 15.5. The summed E-state index contributed by atoms with van der Waals surface area (Å²) in [6, 6.07) is 6.00. The van der Waals surface area contributed by atoms with Crippen LogP contribution in [0.15, 0.2) is 24.3 Å². The molecule has 1 saturated heterocycles. The van der Waals surface area contributed by atoms with E-state index < -0.39 is 11.0 Å². The Bertz CT molecular complexity index is 504. The van der Waals surface area contributed by atoms with Crippen molar-refractivity contribution in [3.8, 4) is 5.75 Å². The summed E-state index contributed by atoms with van der Waals surface area (Å²) in [5, 5.41) is 20.7. The highest BCUT2D eigenvalue weighted by atomic mass is 16.6. The normalized spacial score (nSPS) is 19.4. The Morgan fingerprint density at radius 1 is 1.52 bits per heavy atom. The molecule has 21 heavy (non-hydrogen) atoms. The fourth-order valence-corrected chi connectivity index (χ4v) is 2.61. The lowest BCUT2D eigenvalue weighted by Gasteiger charge is -2.22.